The van der Waals surface area contributed by atoms with Crippen molar-refractivity contribution in [3.63, 3.8) is 0 Å². The van der Waals surface area contributed by atoms with E-state index >= 15 is 0 Å². The summed E-state index contributed by atoms with van der Waals surface area (Å²) < 4.78 is 4.89. The lowest BCUT2D eigenvalue weighted by Crippen LogP contribution is -2.45. The van der Waals surface area contributed by atoms with Crippen LogP contribution in [0.3, 0.4) is 0 Å². The fourth-order valence-electron chi connectivity index (χ4n) is 2.09. The molecule has 0 aliphatic heterocycles. The van der Waals surface area contributed by atoms with Gasteiger partial charge in [0.1, 0.15) is 0 Å². The van der Waals surface area contributed by atoms with Crippen LogP contribution in [-0.2, 0) is 20.7 Å². The van der Waals surface area contributed by atoms with Crippen molar-refractivity contribution in [1.82, 2.24) is 5.32 Å². The summed E-state index contributed by atoms with van der Waals surface area (Å²) in [5, 5.41) is 14.1. The van der Waals surface area contributed by atoms with Gasteiger partial charge in [-0.15, -0.1) is 0 Å². The van der Waals surface area contributed by atoms with E-state index in [4.69, 9.17) is 9.84 Å². The number of ether oxygens (including phenoxy) is 1. The molecule has 0 spiro atoms. The van der Waals surface area contributed by atoms with Crippen LogP contribution in [0.15, 0.2) is 24.3 Å². The molecule has 0 radical (unpaired) electrons. The number of carboxylic acids is 1. The molecular formula is C17H24N2O5. The maximum absolute atomic E-state index is 12.0. The molecule has 1 aromatic rings. The summed E-state index contributed by atoms with van der Waals surface area (Å²) >= 11 is 0. The predicted molar refractivity (Wildman–Crippen MR) is 89.9 cm³/mol. The number of nitrogens with one attached hydrogen (secondary N) is 2. The van der Waals surface area contributed by atoms with Crippen LogP contribution >= 0.6 is 0 Å². The highest BCUT2D eigenvalue weighted by molar-refractivity contribution is 5.90. The van der Waals surface area contributed by atoms with Crippen LogP contribution in [0.5, 0.6) is 0 Å². The first kappa shape index (κ1) is 19.5. The largest absolute Gasteiger partial charge is 0.481 e. The fourth-order valence-corrected chi connectivity index (χ4v) is 2.09. The first-order chi connectivity index (χ1) is 11.2. The summed E-state index contributed by atoms with van der Waals surface area (Å²) in [6.07, 6.45) is 0.427. The summed E-state index contributed by atoms with van der Waals surface area (Å²) in [6, 6.07) is 6.48. The van der Waals surface area contributed by atoms with Gasteiger partial charge in [0, 0.05) is 17.6 Å². The monoisotopic (exact) mass is 336 g/mol. The second kappa shape index (κ2) is 8.90. The van der Waals surface area contributed by atoms with Gasteiger partial charge in [-0.05, 0) is 44.9 Å². The summed E-state index contributed by atoms with van der Waals surface area (Å²) in [5.41, 5.74) is 0.630. The van der Waals surface area contributed by atoms with Gasteiger partial charge in [-0.3, -0.25) is 9.59 Å². The molecule has 0 fully saturated rings. The number of benzene rings is 1. The minimum Gasteiger partial charge on any atom is -0.481 e. The third-order valence-electron chi connectivity index (χ3n) is 3.25. The molecule has 0 aliphatic rings. The molecule has 0 unspecified atom stereocenters. The maximum atomic E-state index is 12.0. The second-order valence-electron chi connectivity index (χ2n) is 6.04. The van der Waals surface area contributed by atoms with Gasteiger partial charge in [0.2, 0.25) is 0 Å². The van der Waals surface area contributed by atoms with Gasteiger partial charge >= 0.3 is 18.0 Å². The second-order valence-corrected chi connectivity index (χ2v) is 6.04. The number of aliphatic carboxylic acids is 1. The quantitative estimate of drug-likeness (QED) is 0.633. The van der Waals surface area contributed by atoms with Crippen molar-refractivity contribution in [2.75, 3.05) is 11.9 Å². The van der Waals surface area contributed by atoms with Gasteiger partial charge in [0.05, 0.1) is 13.0 Å². The number of urea groups is 1. The Morgan fingerprint density at radius 2 is 1.96 bits per heavy atom. The molecule has 1 aromatic carbocycles. The number of esters is 1. The van der Waals surface area contributed by atoms with E-state index in [0.717, 1.165) is 5.56 Å². The van der Waals surface area contributed by atoms with E-state index in [1.54, 1.807) is 45.0 Å². The van der Waals surface area contributed by atoms with Crippen LogP contribution in [0.1, 0.15) is 39.2 Å². The zero-order chi connectivity index (χ0) is 18.2. The molecule has 24 heavy (non-hydrogen) atoms. The number of carboxylic acid groups (broad SMARTS) is 1. The SMILES string of the molecule is CCOC(=O)Cc1cccc(NC(=O)NC(C)(C)CCC(=O)O)c1. The molecular weight excluding hydrogens is 312 g/mol. The van der Waals surface area contributed by atoms with E-state index in [1.165, 1.54) is 0 Å². The summed E-state index contributed by atoms with van der Waals surface area (Å²) in [6.45, 7) is 5.58. The molecule has 132 valence electrons. The van der Waals surface area contributed by atoms with E-state index < -0.39 is 17.5 Å². The van der Waals surface area contributed by atoms with Crippen molar-refractivity contribution in [1.29, 1.82) is 0 Å². The van der Waals surface area contributed by atoms with E-state index in [-0.39, 0.29) is 18.8 Å². The van der Waals surface area contributed by atoms with Crippen molar-refractivity contribution in [2.24, 2.45) is 0 Å². The summed E-state index contributed by atoms with van der Waals surface area (Å²) in [4.78, 5) is 34.2. The van der Waals surface area contributed by atoms with Gasteiger partial charge in [-0.1, -0.05) is 12.1 Å². The lowest BCUT2D eigenvalue weighted by molar-refractivity contribution is -0.142. The molecule has 2 amide bonds. The molecule has 0 aliphatic carbocycles. The van der Waals surface area contributed by atoms with E-state index in [9.17, 15) is 14.4 Å². The normalized spacial score (nSPS) is 10.8. The standard InChI is InChI=1S/C17H24N2O5/c1-4-24-15(22)11-12-6-5-7-13(10-12)18-16(23)19-17(2,3)9-8-14(20)21/h5-7,10H,4,8-9,11H2,1-3H3,(H,20,21)(H2,18,19,23). The number of amides is 2. The van der Waals surface area contributed by atoms with E-state index in [1.807, 2.05) is 0 Å². The molecule has 0 heterocycles. The topological polar surface area (TPSA) is 105 Å². The Labute approximate surface area is 141 Å². The van der Waals surface area contributed by atoms with Crippen LogP contribution in [0, 0.1) is 0 Å². The van der Waals surface area contributed by atoms with Crippen molar-refractivity contribution >= 4 is 23.7 Å². The molecule has 0 bridgehead atoms. The average Bonchev–Trinajstić information content (AvgIpc) is 2.45. The molecule has 1 rings (SSSR count). The zero-order valence-corrected chi connectivity index (χ0v) is 14.2. The third-order valence-corrected chi connectivity index (χ3v) is 3.25. The van der Waals surface area contributed by atoms with Crippen LogP contribution in [0.2, 0.25) is 0 Å². The van der Waals surface area contributed by atoms with Crippen molar-refractivity contribution in [3.05, 3.63) is 29.8 Å². The number of rotatable bonds is 8. The number of hydrogen-bond donors (Lipinski definition) is 3. The highest BCUT2D eigenvalue weighted by Crippen LogP contribution is 2.14. The molecule has 0 saturated carbocycles. The molecule has 7 nitrogen and oxygen atoms in total. The Hall–Kier alpha value is -2.57. The lowest BCUT2D eigenvalue weighted by atomic mass is 9.99. The van der Waals surface area contributed by atoms with Gasteiger partial charge < -0.3 is 20.5 Å². The van der Waals surface area contributed by atoms with Gasteiger partial charge in [-0.25, -0.2) is 4.79 Å². The number of carbonyl (C=O) groups excluding carboxylic acids is 2. The summed E-state index contributed by atoms with van der Waals surface area (Å²) in [7, 11) is 0. The first-order valence-electron chi connectivity index (χ1n) is 7.77. The average molecular weight is 336 g/mol. The Morgan fingerprint density at radius 3 is 2.58 bits per heavy atom. The predicted octanol–water partition coefficient (Wildman–Crippen LogP) is 2.56. The van der Waals surface area contributed by atoms with Crippen molar-refractivity contribution in [3.8, 4) is 0 Å². The Morgan fingerprint density at radius 1 is 1.25 bits per heavy atom. The maximum Gasteiger partial charge on any atom is 0.319 e. The first-order valence-corrected chi connectivity index (χ1v) is 7.77. The van der Waals surface area contributed by atoms with Crippen LogP contribution in [0.4, 0.5) is 10.5 Å². The van der Waals surface area contributed by atoms with Gasteiger partial charge in [0.15, 0.2) is 0 Å². The minimum atomic E-state index is -0.906. The summed E-state index contributed by atoms with van der Waals surface area (Å²) in [5.74, 6) is -1.23. The highest BCUT2D eigenvalue weighted by Gasteiger charge is 2.21. The molecule has 0 saturated heterocycles. The Bertz CT molecular complexity index is 598. The van der Waals surface area contributed by atoms with Gasteiger partial charge in [-0.2, -0.15) is 0 Å². The number of anilines is 1. The highest BCUT2D eigenvalue weighted by atomic mass is 16.5. The molecule has 0 atom stereocenters. The number of carbonyl (C=O) groups is 3. The third kappa shape index (κ3) is 7.62. The van der Waals surface area contributed by atoms with Crippen molar-refractivity contribution in [2.45, 2.75) is 45.6 Å². The molecule has 0 aromatic heterocycles. The fraction of sp³-hybridized carbons (Fsp3) is 0.471. The smallest absolute Gasteiger partial charge is 0.319 e. The molecule has 7 heteroatoms. The minimum absolute atomic E-state index is 0.0255. The number of hydrogen-bond acceptors (Lipinski definition) is 4. The molecule has 3 N–H and O–H groups in total. The van der Waals surface area contributed by atoms with Crippen LogP contribution in [-0.4, -0.2) is 35.2 Å². The van der Waals surface area contributed by atoms with Crippen LogP contribution in [0.25, 0.3) is 0 Å². The van der Waals surface area contributed by atoms with Gasteiger partial charge in [0.25, 0.3) is 0 Å². The Kier molecular flexibility index (Phi) is 7.23. The van der Waals surface area contributed by atoms with E-state index in [2.05, 4.69) is 10.6 Å². The van der Waals surface area contributed by atoms with Crippen LogP contribution < -0.4 is 10.6 Å². The van der Waals surface area contributed by atoms with Crippen molar-refractivity contribution < 1.29 is 24.2 Å². The Balaban J connectivity index is 2.60. The van der Waals surface area contributed by atoms with E-state index in [0.29, 0.717) is 18.7 Å². The lowest BCUT2D eigenvalue weighted by Gasteiger charge is -2.25. The zero-order valence-electron chi connectivity index (χ0n) is 14.2.